The third kappa shape index (κ3) is 37.6. The minimum Gasteiger partial charge on any atom is -0.550 e. The first kappa shape index (κ1) is 76.4. The van der Waals surface area contributed by atoms with Crippen molar-refractivity contribution in [3.8, 4) is 0 Å². The Balaban J connectivity index is -0.000000156. The number of hydrogen-bond donors (Lipinski definition) is 14. The molecule has 78 heavy (non-hydrogen) atoms. The van der Waals surface area contributed by atoms with Crippen molar-refractivity contribution in [1.29, 1.82) is 0 Å². The minimum absolute atomic E-state index is 0. The predicted octanol–water partition coefficient (Wildman–Crippen LogP) is -8.99. The molecule has 0 saturated heterocycles. The Hall–Kier alpha value is -8.16. The minimum atomic E-state index is -1.45. The Bertz CT molecular complexity index is 2120. The van der Waals surface area contributed by atoms with Crippen LogP contribution in [0.4, 0.5) is 0 Å². The molecule has 0 fully saturated rings. The van der Waals surface area contributed by atoms with Gasteiger partial charge in [0.2, 0.25) is 0 Å². The summed E-state index contributed by atoms with van der Waals surface area (Å²) in [5, 5.41) is 68.1. The fourth-order valence-corrected chi connectivity index (χ4v) is 4.34. The smallest absolute Gasteiger partial charge is 0.550 e. The molecule has 0 bridgehead atoms. The molecule has 429 valence electrons. The number of carbonyl (C=O) groups excluding carboxylic acids is 1. The summed E-state index contributed by atoms with van der Waals surface area (Å²) in [4.78, 5) is 126. The van der Waals surface area contributed by atoms with Gasteiger partial charge in [0.1, 0.15) is 42.3 Å². The molecular formula is C40H59CuN19O17Zn. The van der Waals surface area contributed by atoms with Gasteiger partial charge in [-0.05, 0) is 38.5 Å². The Kier molecular flexibility index (Phi) is 42.1. The number of aromatic nitrogens is 12. The molecule has 6 aromatic rings. The van der Waals surface area contributed by atoms with Crippen LogP contribution in [-0.4, -0.2) is 161 Å². The zero-order valence-electron chi connectivity index (χ0n) is 43.6. The molecule has 0 aliphatic rings. The Morgan fingerprint density at radius 1 is 0.372 bits per heavy atom. The van der Waals surface area contributed by atoms with Gasteiger partial charge in [-0.2, -0.15) is 0 Å². The molecule has 36 nitrogen and oxygen atoms in total. The number of hydrogen-bond acceptors (Lipinski definition) is 22. The van der Waals surface area contributed by atoms with E-state index in [-0.39, 0.29) is 84.8 Å². The van der Waals surface area contributed by atoms with E-state index in [1.807, 2.05) is 0 Å². The van der Waals surface area contributed by atoms with Gasteiger partial charge in [-0.25, -0.2) is 0 Å². The Labute approximate surface area is 468 Å². The number of carbonyl (C=O) groups is 8. The number of aliphatic carboxylic acids is 8. The fraction of sp³-hybridized carbons (Fsp3) is 0.350. The van der Waals surface area contributed by atoms with Crippen LogP contribution in [0.1, 0.15) is 44.9 Å². The van der Waals surface area contributed by atoms with Crippen LogP contribution in [0.15, 0.2) is 75.1 Å². The molecule has 0 amide bonds. The number of carboxylic acid groups (broad SMARTS) is 8. The average Bonchev–Trinajstić information content (AvgIpc) is 4.20. The van der Waals surface area contributed by atoms with E-state index in [9.17, 15) is 43.5 Å². The van der Waals surface area contributed by atoms with Gasteiger partial charge >= 0.3 is 82.6 Å². The van der Waals surface area contributed by atoms with Crippen LogP contribution in [0.5, 0.6) is 0 Å². The van der Waals surface area contributed by atoms with Crippen molar-refractivity contribution in [3.05, 3.63) is 109 Å². The van der Waals surface area contributed by atoms with E-state index in [0.717, 1.165) is 0 Å². The van der Waals surface area contributed by atoms with E-state index in [4.69, 9.17) is 75.9 Å². The fourth-order valence-electron chi connectivity index (χ4n) is 4.34. The van der Waals surface area contributed by atoms with Crippen molar-refractivity contribution in [2.75, 3.05) is 0 Å². The second-order valence-corrected chi connectivity index (χ2v) is 14.5. The molecule has 6 aromatic heterocycles. The second-order valence-electron chi connectivity index (χ2n) is 14.5. The van der Waals surface area contributed by atoms with Crippen molar-refractivity contribution >= 4 is 47.8 Å². The summed E-state index contributed by atoms with van der Waals surface area (Å²) in [7, 11) is 0. The van der Waals surface area contributed by atoms with Crippen LogP contribution < -0.4 is 75.1 Å². The standard InChI is InChI=1S/6C6H9N3O2.C4H7NO4.Cu.H2O.Zn/c6*7-5(6(10)11)1-4-2-8-3-9-4;5-2(4(8)9)1-3(6)7;;;/h6*2-3,5H,1,7H2,(H2,8,9,10,11);2H,1,5H2,(H,6,7)(H,8,9);;1H2;/q;;;;;;;+2;;+2/p-4/t6*5-;2-;;;/m0000000.../s1. The molecule has 0 spiro atoms. The second kappa shape index (κ2) is 43.0. The van der Waals surface area contributed by atoms with E-state index < -0.39 is 96.5 Å². The van der Waals surface area contributed by atoms with Gasteiger partial charge in [-0.1, -0.05) is 109 Å². The number of imidazole rings is 6. The molecule has 0 aliphatic heterocycles. The third-order valence-corrected chi connectivity index (χ3v) is 8.26. The van der Waals surface area contributed by atoms with E-state index in [1.54, 1.807) is 0 Å². The molecule has 0 saturated carbocycles. The van der Waals surface area contributed by atoms with Gasteiger partial charge in [0.15, 0.2) is 0 Å². The average molecular weight is 1210 g/mol. The van der Waals surface area contributed by atoms with Crippen LogP contribution in [0.3, 0.4) is 0 Å². The van der Waals surface area contributed by atoms with E-state index >= 15 is 0 Å². The van der Waals surface area contributed by atoms with Crippen molar-refractivity contribution in [2.45, 2.75) is 87.2 Å². The Morgan fingerprint density at radius 2 is 0.513 bits per heavy atom. The molecule has 6 heterocycles. The number of nitrogens with two attached hydrogens (primary N) is 7. The molecule has 38 heteroatoms. The summed E-state index contributed by atoms with van der Waals surface area (Å²) >= 11 is 0. The maximum Gasteiger partial charge on any atom is 2.00 e. The maximum atomic E-state index is 10.3. The van der Waals surface area contributed by atoms with E-state index in [2.05, 4.69) is 59.8 Å². The molecule has 6 rings (SSSR count). The van der Waals surface area contributed by atoms with Gasteiger partial charge in [0, 0.05) is 12.4 Å². The van der Waals surface area contributed by atoms with Crippen molar-refractivity contribution in [3.63, 3.8) is 0 Å². The molecule has 23 N–H and O–H groups in total. The summed E-state index contributed by atoms with van der Waals surface area (Å²) < 4.78 is 0. The summed E-state index contributed by atoms with van der Waals surface area (Å²) in [5.74, 6) is -8.91. The van der Waals surface area contributed by atoms with Gasteiger partial charge in [-0.15, -0.1) is 0 Å². The maximum absolute atomic E-state index is 10.3. The number of rotatable bonds is 21. The first-order chi connectivity index (χ1) is 35.2. The van der Waals surface area contributed by atoms with Crippen LogP contribution >= 0.6 is 0 Å². The van der Waals surface area contributed by atoms with Crippen LogP contribution in [0.25, 0.3) is 0 Å². The topological polar surface area (TPSA) is 677 Å². The van der Waals surface area contributed by atoms with Crippen molar-refractivity contribution in [1.82, 2.24) is 59.8 Å². The first-order valence-electron chi connectivity index (χ1n) is 20.8. The molecule has 0 aliphatic carbocycles. The van der Waals surface area contributed by atoms with Crippen LogP contribution in [-0.2, 0) is 113 Å². The Morgan fingerprint density at radius 3 is 0.590 bits per heavy atom. The third-order valence-electron chi connectivity index (χ3n) is 8.26. The normalized spacial score (nSPS) is 12.3. The van der Waals surface area contributed by atoms with Crippen molar-refractivity contribution in [2.24, 2.45) is 40.1 Å². The van der Waals surface area contributed by atoms with Gasteiger partial charge in [0.05, 0.1) is 0 Å². The molecule has 1 radical (unpaired) electrons. The summed E-state index contributed by atoms with van der Waals surface area (Å²) in [6.45, 7) is 0. The van der Waals surface area contributed by atoms with Gasteiger partial charge in [0.25, 0.3) is 0 Å². The van der Waals surface area contributed by atoms with Gasteiger partial charge in [-0.3, -0.25) is 33.6 Å². The monoisotopic (exact) mass is 1200 g/mol. The largest absolute Gasteiger partial charge is 2.00 e. The van der Waals surface area contributed by atoms with Crippen LogP contribution in [0, 0.1) is 0 Å². The van der Waals surface area contributed by atoms with E-state index in [0.29, 0.717) is 34.2 Å². The molecule has 0 aromatic carbocycles. The van der Waals surface area contributed by atoms with Crippen LogP contribution in [0.2, 0.25) is 0 Å². The summed E-state index contributed by atoms with van der Waals surface area (Å²) in [6, 6.07) is -6.65. The van der Waals surface area contributed by atoms with Gasteiger partial charge < -0.3 is 151 Å². The summed E-state index contributed by atoms with van der Waals surface area (Å²) in [6.07, 6.45) is 18.0. The quantitative estimate of drug-likeness (QED) is 0.0298. The molecule has 7 atom stereocenters. The zero-order valence-corrected chi connectivity index (χ0v) is 44.5. The molecular weight excluding hydrogens is 1150 g/mol. The predicted molar refractivity (Wildman–Crippen MR) is 253 cm³/mol. The molecule has 0 unspecified atom stereocenters. The number of carboxylic acids is 8. The van der Waals surface area contributed by atoms with Crippen molar-refractivity contribution < 1.29 is 126 Å². The first-order valence-corrected chi connectivity index (χ1v) is 20.8. The zero-order chi connectivity index (χ0) is 57.0. The SMILES string of the molecule is N[C@@H](CC(=O)[O-])C(=O)O.N[C@@H](Cc1c[n-]cn1)C(=O)O.N[C@@H](Cc1c[n-]cn1)C(=O)O.N[C@@H](Cc1c[n-]cn1)C(=O)O.N[C@@H](Cc1c[n-]cn1)C(=O)O.N[C@@H](Cc1c[n-]cn1)C(=O)O.N[C@@H](Cc1c[n-]cn1)C(=O)O.O.[Cu+2].[H+].[H+].[H+].[Zn+2]. The summed E-state index contributed by atoms with van der Waals surface area (Å²) in [5.41, 5.74) is 39.9. The van der Waals surface area contributed by atoms with E-state index in [1.165, 1.54) is 75.1 Å². The number of nitrogens with zero attached hydrogens (tertiary/aromatic N) is 12.